The molecule has 0 aromatic rings. The number of likely N-dealkylation sites (N-methyl/N-ethyl adjacent to an activating group) is 1. The Bertz CT molecular complexity index is 1620. The number of hydrogen-bond donors (Lipinski definition) is 2. The number of nitrogens with zero attached hydrogens (tertiary/aromatic N) is 1. The lowest BCUT2D eigenvalue weighted by Crippen LogP contribution is -2.47. The van der Waals surface area contributed by atoms with Crippen molar-refractivity contribution in [3.8, 4) is 0 Å². The lowest BCUT2D eigenvalue weighted by molar-refractivity contribution is -0.870. The quantitative estimate of drug-likeness (QED) is 0.0205. The third-order valence-corrected chi connectivity index (χ3v) is 18.2. The van der Waals surface area contributed by atoms with Crippen LogP contribution in [0.25, 0.3) is 0 Å². The molecule has 0 saturated heterocycles. The summed E-state index contributed by atoms with van der Waals surface area (Å²) in [6.07, 6.45) is 85.6. The van der Waals surface area contributed by atoms with Crippen molar-refractivity contribution in [3.05, 3.63) is 48.6 Å². The molecule has 0 bridgehead atoms. The van der Waals surface area contributed by atoms with E-state index in [-0.39, 0.29) is 25.1 Å². The number of carbonyl (C=O) groups is 2. The van der Waals surface area contributed by atoms with Crippen molar-refractivity contribution in [1.82, 2.24) is 5.32 Å². The maximum Gasteiger partial charge on any atom is 0.472 e. The number of carbonyl (C=O) groups excluding carboxylic acids is 2. The second-order valence-corrected chi connectivity index (χ2v) is 28.6. The molecule has 10 heteroatoms. The fraction of sp³-hybridized carbons (Fsp3) is 0.870. The number of unbranched alkanes of at least 4 members (excludes halogenated alkanes) is 48. The first-order valence-electron chi connectivity index (χ1n) is 38.0. The Hall–Kier alpha value is -2.03. The average molecular weight is 1250 g/mol. The molecule has 0 aromatic carbocycles. The van der Waals surface area contributed by atoms with Crippen molar-refractivity contribution < 1.29 is 37.3 Å². The number of quaternary nitrogens is 1. The molecule has 9 nitrogen and oxygen atoms in total. The third kappa shape index (κ3) is 68.2. The van der Waals surface area contributed by atoms with Crippen LogP contribution in [0.1, 0.15) is 380 Å². The van der Waals surface area contributed by atoms with Gasteiger partial charge in [-0.15, -0.1) is 0 Å². The van der Waals surface area contributed by atoms with Gasteiger partial charge in [0, 0.05) is 12.8 Å². The summed E-state index contributed by atoms with van der Waals surface area (Å²) < 4.78 is 30.9. The molecule has 0 aliphatic carbocycles. The second-order valence-electron chi connectivity index (χ2n) is 27.2. The molecule has 3 atom stereocenters. The summed E-state index contributed by atoms with van der Waals surface area (Å²) in [4.78, 5) is 38.0. The maximum atomic E-state index is 13.6. The summed E-state index contributed by atoms with van der Waals surface area (Å²) in [7, 11) is 1.51. The smallest absolute Gasteiger partial charge is 0.456 e. The van der Waals surface area contributed by atoms with E-state index in [1.165, 1.54) is 283 Å². The van der Waals surface area contributed by atoms with Gasteiger partial charge in [0.2, 0.25) is 5.91 Å². The number of phosphoric acid groups is 1. The van der Waals surface area contributed by atoms with Gasteiger partial charge in [0.05, 0.1) is 33.8 Å². The Morgan fingerprint density at radius 1 is 0.402 bits per heavy atom. The SMILES string of the molecule is CCCCC/C=C\C/C=C\CCCCCCCCCCCCCCCCCCCC(=O)OC(/C=C\CCCCCCCCCCCCC)C(COP(=O)(O)OCC[N+](C)(C)C)NC(=O)CCCCCCCCCCCCC/C=C/CCCCCCCC. The van der Waals surface area contributed by atoms with Crippen LogP contribution in [-0.2, 0) is 27.9 Å². The van der Waals surface area contributed by atoms with Crippen LogP contribution in [0.3, 0.4) is 0 Å². The molecule has 0 aromatic heterocycles. The average Bonchev–Trinajstić information content (AvgIpc) is 3.70. The summed E-state index contributed by atoms with van der Waals surface area (Å²) >= 11 is 0. The highest BCUT2D eigenvalue weighted by Crippen LogP contribution is 2.43. The molecule has 0 radical (unpaired) electrons. The van der Waals surface area contributed by atoms with Crippen molar-refractivity contribution in [2.75, 3.05) is 40.9 Å². The predicted octanol–water partition coefficient (Wildman–Crippen LogP) is 24.4. The molecule has 87 heavy (non-hydrogen) atoms. The van der Waals surface area contributed by atoms with E-state index >= 15 is 0 Å². The summed E-state index contributed by atoms with van der Waals surface area (Å²) in [5, 5.41) is 3.08. The fourth-order valence-electron chi connectivity index (χ4n) is 11.4. The van der Waals surface area contributed by atoms with Crippen LogP contribution in [0.5, 0.6) is 0 Å². The standard InChI is InChI=1S/C77H147N2O7P/c1-7-10-13-16-19-22-25-28-30-32-34-36-37-38-39-40-41-43-45-47-49-52-55-58-61-64-67-70-77(81)86-75(68-65-62-59-56-53-50-27-24-21-18-15-12-9-3)74(73-85-87(82,83)84-72-71-79(4,5)6)78-76(80)69-66-63-60-57-54-51-48-46-44-42-35-33-31-29-26-23-20-17-14-11-8-2/h19,22,28-31,65,68,74-75H,7-18,20-21,23-27,32-64,66-67,69-73H2,1-6H3,(H-,78,80,82,83)/p+1/b22-19-,30-28-,31-29+,68-65-. The zero-order valence-corrected chi connectivity index (χ0v) is 59.7. The van der Waals surface area contributed by atoms with E-state index in [0.29, 0.717) is 23.9 Å². The Morgan fingerprint density at radius 2 is 0.701 bits per heavy atom. The molecule has 1 amide bonds. The van der Waals surface area contributed by atoms with Crippen molar-refractivity contribution in [2.45, 2.75) is 392 Å². The minimum Gasteiger partial charge on any atom is -0.456 e. The number of phosphoric ester groups is 1. The van der Waals surface area contributed by atoms with E-state index in [1.54, 1.807) is 0 Å². The highest BCUT2D eigenvalue weighted by molar-refractivity contribution is 7.47. The van der Waals surface area contributed by atoms with Gasteiger partial charge < -0.3 is 19.4 Å². The highest BCUT2D eigenvalue weighted by Gasteiger charge is 2.30. The maximum absolute atomic E-state index is 13.6. The molecule has 0 saturated carbocycles. The normalized spacial score (nSPS) is 13.7. The lowest BCUT2D eigenvalue weighted by Gasteiger charge is -2.27. The van der Waals surface area contributed by atoms with Gasteiger partial charge in [0.25, 0.3) is 0 Å². The molecular formula is C77H148N2O7P+. The lowest BCUT2D eigenvalue weighted by atomic mass is 10.0. The topological polar surface area (TPSA) is 111 Å². The molecule has 0 spiro atoms. The molecule has 2 N–H and O–H groups in total. The van der Waals surface area contributed by atoms with Gasteiger partial charge in [-0.05, 0) is 89.5 Å². The van der Waals surface area contributed by atoms with E-state index in [0.717, 1.165) is 64.2 Å². The molecule has 512 valence electrons. The summed E-state index contributed by atoms with van der Waals surface area (Å²) in [6, 6.07) is -0.848. The van der Waals surface area contributed by atoms with Crippen LogP contribution in [0.4, 0.5) is 0 Å². The van der Waals surface area contributed by atoms with Gasteiger partial charge in [0.1, 0.15) is 19.3 Å². The van der Waals surface area contributed by atoms with Crippen molar-refractivity contribution in [1.29, 1.82) is 0 Å². The molecule has 0 fully saturated rings. The molecule has 0 rings (SSSR count). The number of allylic oxidation sites excluding steroid dienone is 7. The summed E-state index contributed by atoms with van der Waals surface area (Å²) in [6.45, 7) is 7.05. The highest BCUT2D eigenvalue weighted by atomic mass is 31.2. The number of esters is 1. The van der Waals surface area contributed by atoms with Gasteiger partial charge in [-0.25, -0.2) is 4.57 Å². The zero-order chi connectivity index (χ0) is 63.5. The van der Waals surface area contributed by atoms with Crippen LogP contribution < -0.4 is 5.32 Å². The Kier molecular flexibility index (Phi) is 65.3. The van der Waals surface area contributed by atoms with E-state index in [1.807, 2.05) is 27.2 Å². The monoisotopic (exact) mass is 1240 g/mol. The van der Waals surface area contributed by atoms with Crippen LogP contribution in [0.15, 0.2) is 48.6 Å². The zero-order valence-electron chi connectivity index (χ0n) is 58.8. The molecule has 0 heterocycles. The molecular weight excluding hydrogens is 1100 g/mol. The number of amides is 1. The van der Waals surface area contributed by atoms with Crippen molar-refractivity contribution >= 4 is 19.7 Å². The summed E-state index contributed by atoms with van der Waals surface area (Å²) in [5.41, 5.74) is 0. The number of rotatable bonds is 70. The van der Waals surface area contributed by atoms with Gasteiger partial charge in [-0.1, -0.05) is 327 Å². The first-order chi connectivity index (χ1) is 42.4. The van der Waals surface area contributed by atoms with E-state index in [9.17, 15) is 19.0 Å². The fourth-order valence-corrected chi connectivity index (χ4v) is 12.1. The molecule has 0 aliphatic rings. The van der Waals surface area contributed by atoms with Gasteiger partial charge in [0.15, 0.2) is 0 Å². The first-order valence-corrected chi connectivity index (χ1v) is 39.5. The largest absolute Gasteiger partial charge is 0.472 e. The van der Waals surface area contributed by atoms with E-state index < -0.39 is 20.0 Å². The minimum absolute atomic E-state index is 0.0423. The van der Waals surface area contributed by atoms with Crippen LogP contribution in [-0.4, -0.2) is 74.3 Å². The van der Waals surface area contributed by atoms with E-state index in [4.69, 9.17) is 13.8 Å². The van der Waals surface area contributed by atoms with E-state index in [2.05, 4.69) is 68.6 Å². The summed E-state index contributed by atoms with van der Waals surface area (Å²) in [5.74, 6) is -0.486. The van der Waals surface area contributed by atoms with Crippen LogP contribution in [0.2, 0.25) is 0 Å². The van der Waals surface area contributed by atoms with Gasteiger partial charge in [-0.2, -0.15) is 0 Å². The van der Waals surface area contributed by atoms with Crippen LogP contribution in [0, 0.1) is 0 Å². The number of ether oxygens (including phenoxy) is 1. The number of nitrogens with one attached hydrogen (secondary N) is 1. The van der Waals surface area contributed by atoms with Gasteiger partial charge >= 0.3 is 13.8 Å². The van der Waals surface area contributed by atoms with Crippen LogP contribution >= 0.6 is 7.82 Å². The Balaban J connectivity index is 4.99. The third-order valence-electron chi connectivity index (χ3n) is 17.2. The number of hydrogen-bond acceptors (Lipinski definition) is 6. The predicted molar refractivity (Wildman–Crippen MR) is 379 cm³/mol. The first kappa shape index (κ1) is 85.0. The molecule has 0 aliphatic heterocycles. The molecule has 3 unspecified atom stereocenters. The van der Waals surface area contributed by atoms with Crippen molar-refractivity contribution in [3.63, 3.8) is 0 Å². The van der Waals surface area contributed by atoms with Crippen molar-refractivity contribution in [2.24, 2.45) is 0 Å². The Labute approximate surface area is 541 Å². The Morgan fingerprint density at radius 3 is 1.07 bits per heavy atom. The minimum atomic E-state index is -4.46. The second kappa shape index (κ2) is 66.9. The van der Waals surface area contributed by atoms with Gasteiger partial charge in [-0.3, -0.25) is 18.6 Å².